The number of carbonyl (C=O) groups excluding carboxylic acids is 1. The molecule has 3 heteroatoms. The highest BCUT2D eigenvalue weighted by Gasteiger charge is 2.34. The van der Waals surface area contributed by atoms with Crippen molar-refractivity contribution in [3.63, 3.8) is 0 Å². The Labute approximate surface area is 111 Å². The highest BCUT2D eigenvalue weighted by Crippen LogP contribution is 2.32. The third-order valence-corrected chi connectivity index (χ3v) is 3.98. The number of nitrogens with one attached hydrogen (secondary N) is 1. The summed E-state index contributed by atoms with van der Waals surface area (Å²) in [7, 11) is 0. The molecule has 1 aliphatic rings. The van der Waals surface area contributed by atoms with E-state index < -0.39 is 6.10 Å². The zero-order valence-corrected chi connectivity index (χ0v) is 12.1. The van der Waals surface area contributed by atoms with Crippen LogP contribution in [-0.2, 0) is 4.79 Å². The van der Waals surface area contributed by atoms with Crippen molar-refractivity contribution in [3.8, 4) is 0 Å². The van der Waals surface area contributed by atoms with Crippen LogP contribution in [0.15, 0.2) is 0 Å². The van der Waals surface area contributed by atoms with Gasteiger partial charge in [0.05, 0.1) is 12.0 Å². The Bertz CT molecular complexity index is 247. The SMILES string of the molecule is CCC(O)C(C(=O)NCC(C)C)C1CCCCC1. The zero-order valence-electron chi connectivity index (χ0n) is 12.1. The van der Waals surface area contributed by atoms with Crippen LogP contribution in [0.5, 0.6) is 0 Å². The van der Waals surface area contributed by atoms with Gasteiger partial charge in [-0.05, 0) is 31.1 Å². The quantitative estimate of drug-likeness (QED) is 0.766. The topological polar surface area (TPSA) is 49.3 Å². The summed E-state index contributed by atoms with van der Waals surface area (Å²) in [5.41, 5.74) is 0. The lowest BCUT2D eigenvalue weighted by molar-refractivity contribution is -0.132. The molecule has 106 valence electrons. The van der Waals surface area contributed by atoms with E-state index in [2.05, 4.69) is 19.2 Å². The molecule has 1 rings (SSSR count). The zero-order chi connectivity index (χ0) is 13.5. The first-order chi connectivity index (χ1) is 8.56. The number of hydrogen-bond acceptors (Lipinski definition) is 2. The van der Waals surface area contributed by atoms with Gasteiger partial charge >= 0.3 is 0 Å². The van der Waals surface area contributed by atoms with Crippen LogP contribution in [0, 0.1) is 17.8 Å². The maximum atomic E-state index is 12.3. The van der Waals surface area contributed by atoms with Gasteiger partial charge in [-0.3, -0.25) is 4.79 Å². The number of amides is 1. The molecule has 0 spiro atoms. The molecule has 0 saturated heterocycles. The minimum atomic E-state index is -0.486. The van der Waals surface area contributed by atoms with Gasteiger partial charge in [-0.25, -0.2) is 0 Å². The highest BCUT2D eigenvalue weighted by molar-refractivity contribution is 5.79. The molecule has 0 aliphatic heterocycles. The van der Waals surface area contributed by atoms with Gasteiger partial charge < -0.3 is 10.4 Å². The largest absolute Gasteiger partial charge is 0.392 e. The second kappa shape index (κ2) is 7.78. The molecule has 0 heterocycles. The molecule has 1 fully saturated rings. The average molecular weight is 255 g/mol. The van der Waals surface area contributed by atoms with Crippen LogP contribution in [0.1, 0.15) is 59.3 Å². The van der Waals surface area contributed by atoms with Gasteiger partial charge in [-0.2, -0.15) is 0 Å². The van der Waals surface area contributed by atoms with Gasteiger partial charge in [0, 0.05) is 6.54 Å². The molecule has 2 N–H and O–H groups in total. The standard InChI is InChI=1S/C15H29NO2/c1-4-13(17)14(12-8-6-5-7-9-12)15(18)16-10-11(2)3/h11-14,17H,4-10H2,1-3H3,(H,16,18). The van der Waals surface area contributed by atoms with Crippen molar-refractivity contribution in [2.75, 3.05) is 6.54 Å². The van der Waals surface area contributed by atoms with Gasteiger partial charge in [0.25, 0.3) is 0 Å². The van der Waals surface area contributed by atoms with E-state index in [4.69, 9.17) is 0 Å². The highest BCUT2D eigenvalue weighted by atomic mass is 16.3. The number of rotatable bonds is 6. The smallest absolute Gasteiger partial charge is 0.226 e. The van der Waals surface area contributed by atoms with E-state index in [1.807, 2.05) is 6.92 Å². The van der Waals surface area contributed by atoms with Crippen molar-refractivity contribution in [1.82, 2.24) is 5.32 Å². The summed E-state index contributed by atoms with van der Waals surface area (Å²) in [6.07, 6.45) is 6.05. The van der Waals surface area contributed by atoms with Crippen molar-refractivity contribution < 1.29 is 9.90 Å². The Morgan fingerprint density at radius 1 is 1.28 bits per heavy atom. The lowest BCUT2D eigenvalue weighted by atomic mass is 9.76. The Morgan fingerprint density at radius 3 is 2.39 bits per heavy atom. The van der Waals surface area contributed by atoms with Crippen LogP contribution in [0.25, 0.3) is 0 Å². The van der Waals surface area contributed by atoms with Crippen molar-refractivity contribution >= 4 is 5.91 Å². The first kappa shape index (κ1) is 15.5. The summed E-state index contributed by atoms with van der Waals surface area (Å²) in [6, 6.07) is 0. The van der Waals surface area contributed by atoms with Gasteiger partial charge in [-0.1, -0.05) is 40.0 Å². The minimum absolute atomic E-state index is 0.0601. The van der Waals surface area contributed by atoms with Crippen molar-refractivity contribution in [2.45, 2.75) is 65.4 Å². The Hall–Kier alpha value is -0.570. The van der Waals surface area contributed by atoms with Crippen LogP contribution < -0.4 is 5.32 Å². The van der Waals surface area contributed by atoms with Crippen LogP contribution in [-0.4, -0.2) is 23.7 Å². The maximum absolute atomic E-state index is 12.3. The molecular formula is C15H29NO2. The number of aliphatic hydroxyl groups is 1. The molecule has 0 radical (unpaired) electrons. The van der Waals surface area contributed by atoms with Crippen molar-refractivity contribution in [2.24, 2.45) is 17.8 Å². The Balaban J connectivity index is 2.61. The first-order valence-electron chi connectivity index (χ1n) is 7.52. The fourth-order valence-electron chi connectivity index (χ4n) is 2.87. The van der Waals surface area contributed by atoms with Crippen LogP contribution in [0.3, 0.4) is 0 Å². The molecule has 18 heavy (non-hydrogen) atoms. The minimum Gasteiger partial charge on any atom is -0.392 e. The van der Waals surface area contributed by atoms with E-state index in [9.17, 15) is 9.90 Å². The number of aliphatic hydroxyl groups excluding tert-OH is 1. The molecule has 0 bridgehead atoms. The van der Waals surface area contributed by atoms with E-state index in [0.29, 0.717) is 24.8 Å². The fourth-order valence-corrected chi connectivity index (χ4v) is 2.87. The predicted octanol–water partition coefficient (Wildman–Crippen LogP) is 2.73. The van der Waals surface area contributed by atoms with Gasteiger partial charge in [-0.15, -0.1) is 0 Å². The molecule has 1 aliphatic carbocycles. The summed E-state index contributed by atoms with van der Waals surface area (Å²) in [5.74, 6) is 0.694. The molecule has 1 amide bonds. The van der Waals surface area contributed by atoms with Crippen molar-refractivity contribution in [3.05, 3.63) is 0 Å². The second-order valence-electron chi connectivity index (χ2n) is 6.04. The van der Waals surface area contributed by atoms with E-state index >= 15 is 0 Å². The molecular weight excluding hydrogens is 226 g/mol. The fraction of sp³-hybridized carbons (Fsp3) is 0.933. The molecule has 1 saturated carbocycles. The van der Waals surface area contributed by atoms with Crippen LogP contribution in [0.2, 0.25) is 0 Å². The van der Waals surface area contributed by atoms with Crippen LogP contribution in [0.4, 0.5) is 0 Å². The monoisotopic (exact) mass is 255 g/mol. The van der Waals surface area contributed by atoms with Crippen LogP contribution >= 0.6 is 0 Å². The summed E-state index contributed by atoms with van der Waals surface area (Å²) in [5, 5.41) is 13.1. The molecule has 2 atom stereocenters. The lowest BCUT2D eigenvalue weighted by Crippen LogP contribution is -2.43. The number of hydrogen-bond donors (Lipinski definition) is 2. The average Bonchev–Trinajstić information content (AvgIpc) is 2.37. The van der Waals surface area contributed by atoms with Crippen molar-refractivity contribution in [1.29, 1.82) is 0 Å². The van der Waals surface area contributed by atoms with E-state index in [1.165, 1.54) is 19.3 Å². The van der Waals surface area contributed by atoms with Gasteiger partial charge in [0.15, 0.2) is 0 Å². The summed E-state index contributed by atoms with van der Waals surface area (Å²) >= 11 is 0. The molecule has 3 nitrogen and oxygen atoms in total. The molecule has 0 aromatic heterocycles. The van der Waals surface area contributed by atoms with Gasteiger partial charge in [0.1, 0.15) is 0 Å². The predicted molar refractivity (Wildman–Crippen MR) is 74.2 cm³/mol. The summed E-state index contributed by atoms with van der Waals surface area (Å²) in [6.45, 7) is 6.84. The molecule has 2 unspecified atom stereocenters. The van der Waals surface area contributed by atoms with E-state index in [0.717, 1.165) is 12.8 Å². The second-order valence-corrected chi connectivity index (χ2v) is 6.04. The Kier molecular flexibility index (Phi) is 6.69. The number of carbonyl (C=O) groups is 1. The lowest BCUT2D eigenvalue weighted by Gasteiger charge is -2.32. The Morgan fingerprint density at radius 2 is 1.89 bits per heavy atom. The van der Waals surface area contributed by atoms with Gasteiger partial charge in [0.2, 0.25) is 5.91 Å². The van der Waals surface area contributed by atoms with E-state index in [1.54, 1.807) is 0 Å². The normalized spacial score (nSPS) is 20.7. The third kappa shape index (κ3) is 4.60. The van der Waals surface area contributed by atoms with E-state index in [-0.39, 0.29) is 11.8 Å². The first-order valence-corrected chi connectivity index (χ1v) is 7.52. The molecule has 0 aromatic carbocycles. The third-order valence-electron chi connectivity index (χ3n) is 3.98. The summed E-state index contributed by atoms with van der Waals surface area (Å²) < 4.78 is 0. The molecule has 0 aromatic rings. The maximum Gasteiger partial charge on any atom is 0.226 e. The summed E-state index contributed by atoms with van der Waals surface area (Å²) in [4.78, 5) is 12.3.